The Morgan fingerprint density at radius 3 is 2.76 bits per heavy atom. The average Bonchev–Trinajstić information content (AvgIpc) is 2.75. The van der Waals surface area contributed by atoms with Gasteiger partial charge in [0, 0.05) is 13.1 Å². The standard InChI is InChI=1S/C13H20ClN3/c1-4-5-11-6-7-17(8-11)13-10(3)9(2)12(14)15-16-13/h11H,4-8H2,1-3H3. The first-order chi connectivity index (χ1) is 8.13. The van der Waals surface area contributed by atoms with E-state index in [-0.39, 0.29) is 0 Å². The number of hydrogen-bond donors (Lipinski definition) is 0. The zero-order valence-electron chi connectivity index (χ0n) is 10.8. The van der Waals surface area contributed by atoms with Crippen LogP contribution in [0.5, 0.6) is 0 Å². The van der Waals surface area contributed by atoms with Gasteiger partial charge < -0.3 is 4.90 Å². The molecule has 1 atom stereocenters. The van der Waals surface area contributed by atoms with Gasteiger partial charge in [0.15, 0.2) is 11.0 Å². The first-order valence-corrected chi connectivity index (χ1v) is 6.75. The van der Waals surface area contributed by atoms with Gasteiger partial charge in [-0.15, -0.1) is 10.2 Å². The molecule has 1 aromatic heterocycles. The van der Waals surface area contributed by atoms with E-state index in [9.17, 15) is 0 Å². The number of anilines is 1. The van der Waals surface area contributed by atoms with Crippen LogP contribution >= 0.6 is 11.6 Å². The Bertz CT molecular complexity index is 406. The fraction of sp³-hybridized carbons (Fsp3) is 0.692. The molecule has 0 bridgehead atoms. The van der Waals surface area contributed by atoms with Gasteiger partial charge >= 0.3 is 0 Å². The molecule has 1 aliphatic rings. The molecular formula is C13H20ClN3. The molecule has 1 aromatic rings. The first kappa shape index (κ1) is 12.6. The SMILES string of the molecule is CCCC1CCN(c2nnc(Cl)c(C)c2C)C1. The van der Waals surface area contributed by atoms with Gasteiger partial charge in [-0.1, -0.05) is 24.9 Å². The molecule has 1 fully saturated rings. The Hall–Kier alpha value is -0.830. The van der Waals surface area contributed by atoms with Crippen molar-refractivity contribution in [3.63, 3.8) is 0 Å². The number of aromatic nitrogens is 2. The molecule has 0 N–H and O–H groups in total. The number of hydrogen-bond acceptors (Lipinski definition) is 3. The van der Waals surface area contributed by atoms with Crippen molar-refractivity contribution in [1.82, 2.24) is 10.2 Å². The van der Waals surface area contributed by atoms with Gasteiger partial charge in [-0.2, -0.15) is 0 Å². The Morgan fingerprint density at radius 1 is 1.29 bits per heavy atom. The minimum atomic E-state index is 0.524. The summed E-state index contributed by atoms with van der Waals surface area (Å²) in [6, 6.07) is 0. The van der Waals surface area contributed by atoms with E-state index in [2.05, 4.69) is 28.9 Å². The van der Waals surface area contributed by atoms with Crippen molar-refractivity contribution in [1.29, 1.82) is 0 Å². The molecular weight excluding hydrogens is 234 g/mol. The van der Waals surface area contributed by atoms with Crippen LogP contribution in [0.15, 0.2) is 0 Å². The summed E-state index contributed by atoms with van der Waals surface area (Å²) in [7, 11) is 0. The zero-order valence-corrected chi connectivity index (χ0v) is 11.6. The van der Waals surface area contributed by atoms with Crippen molar-refractivity contribution in [3.8, 4) is 0 Å². The van der Waals surface area contributed by atoms with Crippen LogP contribution in [0.25, 0.3) is 0 Å². The number of nitrogens with zero attached hydrogens (tertiary/aromatic N) is 3. The van der Waals surface area contributed by atoms with E-state index in [1.54, 1.807) is 0 Å². The van der Waals surface area contributed by atoms with Crippen molar-refractivity contribution in [2.24, 2.45) is 5.92 Å². The van der Waals surface area contributed by atoms with Crippen LogP contribution in [0.3, 0.4) is 0 Å². The van der Waals surface area contributed by atoms with Gasteiger partial charge in [-0.05, 0) is 43.7 Å². The van der Waals surface area contributed by atoms with Gasteiger partial charge in [0.2, 0.25) is 0 Å². The minimum absolute atomic E-state index is 0.524. The molecule has 94 valence electrons. The fourth-order valence-electron chi connectivity index (χ4n) is 2.53. The highest BCUT2D eigenvalue weighted by Gasteiger charge is 2.24. The molecule has 3 nitrogen and oxygen atoms in total. The lowest BCUT2D eigenvalue weighted by atomic mass is 10.0. The maximum Gasteiger partial charge on any atom is 0.155 e. The molecule has 17 heavy (non-hydrogen) atoms. The van der Waals surface area contributed by atoms with Crippen molar-refractivity contribution < 1.29 is 0 Å². The quantitative estimate of drug-likeness (QED) is 0.827. The second kappa shape index (κ2) is 5.21. The first-order valence-electron chi connectivity index (χ1n) is 6.37. The normalized spacial score (nSPS) is 20.0. The smallest absolute Gasteiger partial charge is 0.155 e. The summed E-state index contributed by atoms with van der Waals surface area (Å²) in [5, 5.41) is 8.81. The fourth-order valence-corrected chi connectivity index (χ4v) is 2.71. The molecule has 0 aromatic carbocycles. The van der Waals surface area contributed by atoms with Crippen LogP contribution in [-0.4, -0.2) is 23.3 Å². The summed E-state index contributed by atoms with van der Waals surface area (Å²) >= 11 is 5.98. The van der Waals surface area contributed by atoms with E-state index < -0.39 is 0 Å². The predicted molar refractivity (Wildman–Crippen MR) is 71.7 cm³/mol. The van der Waals surface area contributed by atoms with Crippen molar-refractivity contribution in [2.45, 2.75) is 40.0 Å². The second-order valence-corrected chi connectivity index (χ2v) is 5.31. The summed E-state index contributed by atoms with van der Waals surface area (Å²) < 4.78 is 0. The monoisotopic (exact) mass is 253 g/mol. The molecule has 1 saturated heterocycles. The third-order valence-corrected chi connectivity index (χ3v) is 4.08. The Morgan fingerprint density at radius 2 is 2.06 bits per heavy atom. The van der Waals surface area contributed by atoms with Crippen LogP contribution in [0, 0.1) is 19.8 Å². The van der Waals surface area contributed by atoms with E-state index in [1.807, 2.05) is 6.92 Å². The summed E-state index contributed by atoms with van der Waals surface area (Å²) in [6.45, 7) is 8.56. The lowest BCUT2D eigenvalue weighted by Gasteiger charge is -2.20. The van der Waals surface area contributed by atoms with E-state index >= 15 is 0 Å². The number of rotatable bonds is 3. The van der Waals surface area contributed by atoms with Gasteiger partial charge in [-0.25, -0.2) is 0 Å². The average molecular weight is 254 g/mol. The molecule has 2 rings (SSSR count). The van der Waals surface area contributed by atoms with E-state index in [1.165, 1.54) is 24.8 Å². The van der Waals surface area contributed by atoms with Crippen LogP contribution in [0.1, 0.15) is 37.3 Å². The molecule has 0 saturated carbocycles. The highest BCUT2D eigenvalue weighted by Crippen LogP contribution is 2.29. The third kappa shape index (κ3) is 2.54. The van der Waals surface area contributed by atoms with Gasteiger partial charge in [0.05, 0.1) is 0 Å². The molecule has 0 amide bonds. The van der Waals surface area contributed by atoms with Crippen molar-refractivity contribution >= 4 is 17.4 Å². The molecule has 1 aliphatic heterocycles. The maximum absolute atomic E-state index is 5.98. The minimum Gasteiger partial charge on any atom is -0.355 e. The second-order valence-electron chi connectivity index (χ2n) is 4.95. The van der Waals surface area contributed by atoms with E-state index in [4.69, 9.17) is 11.6 Å². The molecule has 0 radical (unpaired) electrons. The van der Waals surface area contributed by atoms with Crippen LogP contribution in [0.4, 0.5) is 5.82 Å². The summed E-state index contributed by atoms with van der Waals surface area (Å²) in [5.41, 5.74) is 2.22. The summed E-state index contributed by atoms with van der Waals surface area (Å²) in [4.78, 5) is 2.35. The van der Waals surface area contributed by atoms with E-state index in [0.29, 0.717) is 5.15 Å². The zero-order chi connectivity index (χ0) is 12.4. The molecule has 1 unspecified atom stereocenters. The maximum atomic E-state index is 5.98. The molecule has 0 spiro atoms. The van der Waals surface area contributed by atoms with E-state index in [0.717, 1.165) is 30.4 Å². The largest absolute Gasteiger partial charge is 0.355 e. The van der Waals surface area contributed by atoms with Crippen LogP contribution < -0.4 is 4.90 Å². The lowest BCUT2D eigenvalue weighted by Crippen LogP contribution is -2.22. The topological polar surface area (TPSA) is 29.0 Å². The van der Waals surface area contributed by atoms with Crippen LogP contribution in [-0.2, 0) is 0 Å². The van der Waals surface area contributed by atoms with Crippen molar-refractivity contribution in [2.75, 3.05) is 18.0 Å². The molecule has 0 aliphatic carbocycles. The Labute approximate surface area is 108 Å². The van der Waals surface area contributed by atoms with Gasteiger partial charge in [0.25, 0.3) is 0 Å². The summed E-state index contributed by atoms with van der Waals surface area (Å²) in [5.74, 6) is 1.84. The number of halogens is 1. The molecule has 2 heterocycles. The highest BCUT2D eigenvalue weighted by atomic mass is 35.5. The Kier molecular flexibility index (Phi) is 3.87. The third-order valence-electron chi connectivity index (χ3n) is 3.72. The summed E-state index contributed by atoms with van der Waals surface area (Å²) in [6.07, 6.45) is 3.86. The van der Waals surface area contributed by atoms with Gasteiger partial charge in [0.1, 0.15) is 0 Å². The molecule has 4 heteroatoms. The van der Waals surface area contributed by atoms with Gasteiger partial charge in [-0.3, -0.25) is 0 Å². The Balaban J connectivity index is 2.16. The predicted octanol–water partition coefficient (Wildman–Crippen LogP) is 3.37. The van der Waals surface area contributed by atoms with Crippen molar-refractivity contribution in [3.05, 3.63) is 16.3 Å². The lowest BCUT2D eigenvalue weighted by molar-refractivity contribution is 0.529. The highest BCUT2D eigenvalue weighted by molar-refractivity contribution is 6.30. The van der Waals surface area contributed by atoms with Crippen LogP contribution in [0.2, 0.25) is 5.15 Å².